The van der Waals surface area contributed by atoms with Gasteiger partial charge in [-0.2, -0.15) is 0 Å². The Balaban J connectivity index is 1.34. The SMILES string of the molecule is COC[C@H]1CCCN1C[C@@H](O)COc1ccc(-c2noc3cc(F)ccc23)cc1. The zero-order valence-corrected chi connectivity index (χ0v) is 16.4. The lowest BCUT2D eigenvalue weighted by atomic mass is 10.1. The lowest BCUT2D eigenvalue weighted by Gasteiger charge is -2.26. The Morgan fingerprint density at radius 3 is 2.90 bits per heavy atom. The third kappa shape index (κ3) is 4.58. The number of hydrogen-bond acceptors (Lipinski definition) is 6. The van der Waals surface area contributed by atoms with Gasteiger partial charge in [-0.15, -0.1) is 0 Å². The molecule has 3 aromatic rings. The monoisotopic (exact) mass is 400 g/mol. The van der Waals surface area contributed by atoms with E-state index >= 15 is 0 Å². The molecule has 7 heteroatoms. The molecule has 0 spiro atoms. The average molecular weight is 400 g/mol. The molecule has 1 N–H and O–H groups in total. The summed E-state index contributed by atoms with van der Waals surface area (Å²) in [4.78, 5) is 2.26. The number of β-amino-alcohol motifs (C(OH)–C–C–N with tert-alkyl or cyclic N) is 1. The lowest BCUT2D eigenvalue weighted by molar-refractivity contribution is 0.0459. The average Bonchev–Trinajstić information content (AvgIpc) is 3.34. The summed E-state index contributed by atoms with van der Waals surface area (Å²) in [5.41, 5.74) is 1.92. The van der Waals surface area contributed by atoms with Crippen LogP contribution in [0.3, 0.4) is 0 Å². The fraction of sp³-hybridized carbons (Fsp3) is 0.409. The van der Waals surface area contributed by atoms with Gasteiger partial charge >= 0.3 is 0 Å². The van der Waals surface area contributed by atoms with Crippen molar-refractivity contribution >= 4 is 11.0 Å². The Labute approximate surface area is 168 Å². The molecule has 154 valence electrons. The van der Waals surface area contributed by atoms with E-state index in [-0.39, 0.29) is 12.4 Å². The molecule has 4 rings (SSSR count). The number of aliphatic hydroxyl groups excluding tert-OH is 1. The molecule has 0 radical (unpaired) electrons. The summed E-state index contributed by atoms with van der Waals surface area (Å²) in [6.07, 6.45) is 1.67. The molecule has 2 aromatic carbocycles. The van der Waals surface area contributed by atoms with Gasteiger partial charge in [0.2, 0.25) is 0 Å². The second kappa shape index (κ2) is 8.90. The van der Waals surface area contributed by atoms with Crippen molar-refractivity contribution in [2.45, 2.75) is 25.0 Å². The zero-order chi connectivity index (χ0) is 20.2. The van der Waals surface area contributed by atoms with Crippen molar-refractivity contribution in [2.75, 3.05) is 33.4 Å². The van der Waals surface area contributed by atoms with Crippen LogP contribution in [0.2, 0.25) is 0 Å². The maximum atomic E-state index is 13.3. The number of benzene rings is 2. The third-order valence-electron chi connectivity index (χ3n) is 5.31. The smallest absolute Gasteiger partial charge is 0.170 e. The van der Waals surface area contributed by atoms with Gasteiger partial charge in [0, 0.05) is 36.7 Å². The molecule has 1 aliphatic heterocycles. The van der Waals surface area contributed by atoms with Crippen LogP contribution < -0.4 is 4.74 Å². The molecule has 1 fully saturated rings. The molecule has 2 heterocycles. The molecule has 6 nitrogen and oxygen atoms in total. The second-order valence-electron chi connectivity index (χ2n) is 7.41. The van der Waals surface area contributed by atoms with Crippen LogP contribution in [0.1, 0.15) is 12.8 Å². The number of hydrogen-bond donors (Lipinski definition) is 1. The summed E-state index contributed by atoms with van der Waals surface area (Å²) >= 11 is 0. The number of nitrogens with zero attached hydrogens (tertiary/aromatic N) is 2. The van der Waals surface area contributed by atoms with Crippen LogP contribution in [0.4, 0.5) is 4.39 Å². The topological polar surface area (TPSA) is 68.0 Å². The Bertz CT molecular complexity index is 944. The number of aliphatic hydroxyl groups is 1. The molecule has 0 aliphatic carbocycles. The zero-order valence-electron chi connectivity index (χ0n) is 16.4. The van der Waals surface area contributed by atoms with Crippen LogP contribution in [0.15, 0.2) is 47.0 Å². The summed E-state index contributed by atoms with van der Waals surface area (Å²) in [5.74, 6) is 0.312. The van der Waals surface area contributed by atoms with Crippen molar-refractivity contribution in [2.24, 2.45) is 0 Å². The minimum atomic E-state index is -0.568. The van der Waals surface area contributed by atoms with Crippen LogP contribution in [0.25, 0.3) is 22.2 Å². The molecule has 0 unspecified atom stereocenters. The van der Waals surface area contributed by atoms with Crippen LogP contribution in [-0.2, 0) is 4.74 Å². The summed E-state index contributed by atoms with van der Waals surface area (Å²) in [5, 5.41) is 15.2. The first-order valence-electron chi connectivity index (χ1n) is 9.83. The van der Waals surface area contributed by atoms with Crippen LogP contribution >= 0.6 is 0 Å². The molecule has 0 bridgehead atoms. The van der Waals surface area contributed by atoms with Gasteiger partial charge in [0.05, 0.1) is 6.61 Å². The number of aromatic nitrogens is 1. The van der Waals surface area contributed by atoms with Gasteiger partial charge in [-0.3, -0.25) is 4.90 Å². The molecule has 1 saturated heterocycles. The molecule has 0 saturated carbocycles. The highest BCUT2D eigenvalue weighted by Crippen LogP contribution is 2.29. The molecule has 0 amide bonds. The van der Waals surface area contributed by atoms with Crippen LogP contribution in [-0.4, -0.2) is 60.7 Å². The minimum Gasteiger partial charge on any atom is -0.491 e. The summed E-state index contributed by atoms with van der Waals surface area (Å²) in [6.45, 7) is 2.48. The van der Waals surface area contributed by atoms with E-state index in [1.165, 1.54) is 12.1 Å². The Morgan fingerprint density at radius 1 is 1.28 bits per heavy atom. The van der Waals surface area contributed by atoms with Crippen molar-refractivity contribution < 1.29 is 23.5 Å². The van der Waals surface area contributed by atoms with Crippen molar-refractivity contribution in [1.82, 2.24) is 10.1 Å². The predicted octanol–water partition coefficient (Wildman–Crippen LogP) is 3.48. The van der Waals surface area contributed by atoms with E-state index in [4.69, 9.17) is 14.0 Å². The summed E-state index contributed by atoms with van der Waals surface area (Å²) in [7, 11) is 1.71. The highest BCUT2D eigenvalue weighted by molar-refractivity contribution is 5.91. The summed E-state index contributed by atoms with van der Waals surface area (Å²) in [6, 6.07) is 12.1. The van der Waals surface area contributed by atoms with E-state index in [0.717, 1.165) is 30.3 Å². The second-order valence-corrected chi connectivity index (χ2v) is 7.41. The minimum absolute atomic E-state index is 0.224. The molecule has 1 aliphatic rings. The standard InChI is InChI=1S/C22H25FN2O4/c1-27-13-17-3-2-10-25(17)12-18(26)14-28-19-7-4-15(5-8-19)22-20-9-6-16(23)11-21(20)29-24-22/h4-9,11,17-18,26H,2-3,10,12-14H2,1H3/t17-,18-/m1/s1. The number of methoxy groups -OCH3 is 1. The van der Waals surface area contributed by atoms with Gasteiger partial charge in [-0.25, -0.2) is 4.39 Å². The largest absolute Gasteiger partial charge is 0.491 e. The normalized spacial score (nSPS) is 18.4. The summed E-state index contributed by atoms with van der Waals surface area (Å²) < 4.78 is 29.5. The first-order chi connectivity index (χ1) is 14.1. The van der Waals surface area contributed by atoms with Gasteiger partial charge in [0.25, 0.3) is 0 Å². The maximum Gasteiger partial charge on any atom is 0.170 e. The Kier molecular flexibility index (Phi) is 6.08. The van der Waals surface area contributed by atoms with Crippen LogP contribution in [0.5, 0.6) is 5.75 Å². The van der Waals surface area contributed by atoms with Gasteiger partial charge in [-0.05, 0) is 55.8 Å². The number of likely N-dealkylation sites (tertiary alicyclic amines) is 1. The van der Waals surface area contributed by atoms with Crippen molar-refractivity contribution in [1.29, 1.82) is 0 Å². The first-order valence-corrected chi connectivity index (χ1v) is 9.83. The quantitative estimate of drug-likeness (QED) is 0.624. The molecule has 2 atom stereocenters. The number of rotatable bonds is 8. The first kappa shape index (κ1) is 19.8. The van der Waals surface area contributed by atoms with Crippen molar-refractivity contribution in [3.8, 4) is 17.0 Å². The highest BCUT2D eigenvalue weighted by Gasteiger charge is 2.26. The van der Waals surface area contributed by atoms with E-state index in [9.17, 15) is 9.50 Å². The van der Waals surface area contributed by atoms with Crippen molar-refractivity contribution in [3.05, 3.63) is 48.3 Å². The Morgan fingerprint density at radius 2 is 2.10 bits per heavy atom. The highest BCUT2D eigenvalue weighted by atomic mass is 19.1. The maximum absolute atomic E-state index is 13.3. The van der Waals surface area contributed by atoms with E-state index in [2.05, 4.69) is 10.1 Å². The molecule has 1 aromatic heterocycles. The fourth-order valence-corrected chi connectivity index (χ4v) is 3.86. The number of halogens is 1. The Hall–Kier alpha value is -2.48. The van der Waals surface area contributed by atoms with E-state index < -0.39 is 6.10 Å². The van der Waals surface area contributed by atoms with Gasteiger partial charge in [0.1, 0.15) is 30.0 Å². The van der Waals surface area contributed by atoms with Crippen LogP contribution in [0, 0.1) is 5.82 Å². The van der Waals surface area contributed by atoms with Gasteiger partial charge in [0.15, 0.2) is 5.58 Å². The van der Waals surface area contributed by atoms with E-state index in [1.807, 2.05) is 24.3 Å². The third-order valence-corrected chi connectivity index (χ3v) is 5.31. The molecular weight excluding hydrogens is 375 g/mol. The number of ether oxygens (including phenoxy) is 2. The van der Waals surface area contributed by atoms with E-state index in [0.29, 0.717) is 36.2 Å². The van der Waals surface area contributed by atoms with Gasteiger partial charge < -0.3 is 19.1 Å². The van der Waals surface area contributed by atoms with E-state index in [1.54, 1.807) is 13.2 Å². The lowest BCUT2D eigenvalue weighted by Crippen LogP contribution is -2.40. The predicted molar refractivity (Wildman–Crippen MR) is 107 cm³/mol. The van der Waals surface area contributed by atoms with Gasteiger partial charge in [-0.1, -0.05) is 5.16 Å². The molecular formula is C22H25FN2O4. The number of fused-ring (bicyclic) bond motifs is 1. The fourth-order valence-electron chi connectivity index (χ4n) is 3.86. The van der Waals surface area contributed by atoms with Crippen molar-refractivity contribution in [3.63, 3.8) is 0 Å². The molecule has 29 heavy (non-hydrogen) atoms.